The van der Waals surface area contributed by atoms with Crippen LogP contribution in [-0.2, 0) is 4.79 Å². The van der Waals surface area contributed by atoms with Crippen LogP contribution < -0.4 is 0 Å². The van der Waals surface area contributed by atoms with Gasteiger partial charge in [-0.05, 0) is 24.5 Å². The van der Waals surface area contributed by atoms with Gasteiger partial charge in [0.15, 0.2) is 0 Å². The summed E-state index contributed by atoms with van der Waals surface area (Å²) in [6.45, 7) is 4.48. The summed E-state index contributed by atoms with van der Waals surface area (Å²) < 4.78 is 0. The number of aryl methyl sites for hydroxylation is 1. The Balaban J connectivity index is 2.22. The summed E-state index contributed by atoms with van der Waals surface area (Å²) in [5, 5.41) is 0. The Labute approximate surface area is 127 Å². The van der Waals surface area contributed by atoms with E-state index in [4.69, 9.17) is 0 Å². The highest BCUT2D eigenvalue weighted by Gasteiger charge is 2.15. The molecule has 2 nitrogen and oxygen atoms in total. The Morgan fingerprint density at radius 3 is 2.14 bits per heavy atom. The molecule has 0 heterocycles. The molecule has 0 N–H and O–H groups in total. The van der Waals surface area contributed by atoms with Crippen LogP contribution in [0.2, 0.25) is 0 Å². The summed E-state index contributed by atoms with van der Waals surface area (Å²) in [5.41, 5.74) is 3.88. The number of nitrogens with zero attached hydrogens (tertiary/aromatic N) is 1. The molecular weight excluding hydrogens is 258 g/mol. The standard InChI is InChI=1S/C19H23NO/c1-15-9-11-18(12-10-15)19(13-14-20(3)16(2)21)17-7-5-4-6-8-17/h4-12,19H,13-14H2,1-3H3. The Morgan fingerprint density at radius 2 is 1.57 bits per heavy atom. The lowest BCUT2D eigenvalue weighted by Crippen LogP contribution is -2.26. The normalized spacial score (nSPS) is 12.0. The lowest BCUT2D eigenvalue weighted by Gasteiger charge is -2.22. The first-order valence-electron chi connectivity index (χ1n) is 7.41. The van der Waals surface area contributed by atoms with Crippen LogP contribution in [0.15, 0.2) is 54.6 Å². The van der Waals surface area contributed by atoms with Crippen molar-refractivity contribution in [2.24, 2.45) is 0 Å². The molecule has 2 heteroatoms. The minimum absolute atomic E-state index is 0.116. The van der Waals surface area contributed by atoms with Gasteiger partial charge in [-0.3, -0.25) is 4.79 Å². The third kappa shape index (κ3) is 4.19. The average Bonchev–Trinajstić information content (AvgIpc) is 2.50. The van der Waals surface area contributed by atoms with Gasteiger partial charge < -0.3 is 4.90 Å². The molecule has 21 heavy (non-hydrogen) atoms. The molecule has 1 atom stereocenters. The van der Waals surface area contributed by atoms with E-state index in [1.54, 1.807) is 11.8 Å². The van der Waals surface area contributed by atoms with E-state index in [0.29, 0.717) is 5.92 Å². The van der Waals surface area contributed by atoms with Gasteiger partial charge in [0.05, 0.1) is 0 Å². The van der Waals surface area contributed by atoms with Crippen LogP contribution in [0.4, 0.5) is 0 Å². The van der Waals surface area contributed by atoms with Crippen molar-refractivity contribution in [1.82, 2.24) is 4.90 Å². The van der Waals surface area contributed by atoms with Gasteiger partial charge in [0.25, 0.3) is 0 Å². The van der Waals surface area contributed by atoms with Crippen molar-refractivity contribution < 1.29 is 4.79 Å². The van der Waals surface area contributed by atoms with Crippen LogP contribution in [0.3, 0.4) is 0 Å². The summed E-state index contributed by atoms with van der Waals surface area (Å²) in [6.07, 6.45) is 0.934. The lowest BCUT2D eigenvalue weighted by atomic mass is 9.88. The minimum atomic E-state index is 0.116. The van der Waals surface area contributed by atoms with Crippen LogP contribution >= 0.6 is 0 Å². The van der Waals surface area contributed by atoms with Crippen LogP contribution in [0.25, 0.3) is 0 Å². The van der Waals surface area contributed by atoms with Crippen LogP contribution in [0, 0.1) is 6.92 Å². The Bertz CT molecular complexity index is 574. The highest BCUT2D eigenvalue weighted by molar-refractivity contribution is 5.72. The van der Waals surface area contributed by atoms with Crippen molar-refractivity contribution >= 4 is 5.91 Å². The number of benzene rings is 2. The van der Waals surface area contributed by atoms with E-state index < -0.39 is 0 Å². The fraction of sp³-hybridized carbons (Fsp3) is 0.316. The number of carbonyl (C=O) groups excluding carboxylic acids is 1. The lowest BCUT2D eigenvalue weighted by molar-refractivity contribution is -0.127. The van der Waals surface area contributed by atoms with E-state index in [2.05, 4.69) is 55.5 Å². The van der Waals surface area contributed by atoms with Gasteiger partial charge in [-0.2, -0.15) is 0 Å². The van der Waals surface area contributed by atoms with Gasteiger partial charge in [-0.15, -0.1) is 0 Å². The van der Waals surface area contributed by atoms with Gasteiger partial charge in [-0.1, -0.05) is 60.2 Å². The van der Waals surface area contributed by atoms with E-state index in [-0.39, 0.29) is 5.91 Å². The molecule has 0 bridgehead atoms. The molecule has 0 aliphatic carbocycles. The fourth-order valence-corrected chi connectivity index (χ4v) is 2.49. The molecule has 0 spiro atoms. The molecule has 0 saturated heterocycles. The van der Waals surface area contributed by atoms with Gasteiger partial charge in [-0.25, -0.2) is 0 Å². The molecule has 0 radical (unpaired) electrons. The quantitative estimate of drug-likeness (QED) is 0.811. The second kappa shape index (κ2) is 7.07. The molecule has 0 saturated carbocycles. The maximum atomic E-state index is 11.4. The predicted molar refractivity (Wildman–Crippen MR) is 87.4 cm³/mol. The Kier molecular flexibility index (Phi) is 5.15. The second-order valence-electron chi connectivity index (χ2n) is 5.60. The van der Waals surface area contributed by atoms with Crippen molar-refractivity contribution in [2.45, 2.75) is 26.2 Å². The first-order chi connectivity index (χ1) is 10.1. The van der Waals surface area contributed by atoms with E-state index in [1.165, 1.54) is 16.7 Å². The predicted octanol–water partition coefficient (Wildman–Crippen LogP) is 4.00. The summed E-state index contributed by atoms with van der Waals surface area (Å²) in [7, 11) is 1.86. The summed E-state index contributed by atoms with van der Waals surface area (Å²) in [4.78, 5) is 13.2. The number of hydrogen-bond donors (Lipinski definition) is 0. The monoisotopic (exact) mass is 281 g/mol. The molecule has 0 aromatic heterocycles. The molecular formula is C19H23NO. The number of rotatable bonds is 5. The third-order valence-corrected chi connectivity index (χ3v) is 3.97. The van der Waals surface area contributed by atoms with Crippen LogP contribution in [0.1, 0.15) is 36.0 Å². The molecule has 2 rings (SSSR count). The largest absolute Gasteiger partial charge is 0.346 e. The molecule has 2 aromatic carbocycles. The zero-order chi connectivity index (χ0) is 15.2. The van der Waals surface area contributed by atoms with E-state index in [0.717, 1.165) is 13.0 Å². The molecule has 0 fully saturated rings. The van der Waals surface area contributed by atoms with Gasteiger partial charge in [0.2, 0.25) is 5.91 Å². The first kappa shape index (κ1) is 15.3. The Morgan fingerprint density at radius 1 is 1.00 bits per heavy atom. The summed E-state index contributed by atoms with van der Waals surface area (Å²) >= 11 is 0. The summed E-state index contributed by atoms with van der Waals surface area (Å²) in [6, 6.07) is 19.2. The third-order valence-electron chi connectivity index (χ3n) is 3.97. The zero-order valence-electron chi connectivity index (χ0n) is 13.0. The summed E-state index contributed by atoms with van der Waals surface area (Å²) in [5.74, 6) is 0.444. The maximum absolute atomic E-state index is 11.4. The minimum Gasteiger partial charge on any atom is -0.346 e. The Hall–Kier alpha value is -2.09. The molecule has 0 aliphatic rings. The number of hydrogen-bond acceptors (Lipinski definition) is 1. The SMILES string of the molecule is CC(=O)N(C)CCC(c1ccccc1)c1ccc(C)cc1. The topological polar surface area (TPSA) is 20.3 Å². The van der Waals surface area contributed by atoms with Crippen molar-refractivity contribution in [3.05, 3.63) is 71.3 Å². The van der Waals surface area contributed by atoms with Gasteiger partial charge in [0, 0.05) is 26.4 Å². The smallest absolute Gasteiger partial charge is 0.219 e. The van der Waals surface area contributed by atoms with Gasteiger partial charge >= 0.3 is 0 Å². The maximum Gasteiger partial charge on any atom is 0.219 e. The number of amides is 1. The van der Waals surface area contributed by atoms with E-state index in [9.17, 15) is 4.79 Å². The first-order valence-corrected chi connectivity index (χ1v) is 7.41. The van der Waals surface area contributed by atoms with Crippen LogP contribution in [0.5, 0.6) is 0 Å². The fourth-order valence-electron chi connectivity index (χ4n) is 2.49. The molecule has 0 aliphatic heterocycles. The highest BCUT2D eigenvalue weighted by Crippen LogP contribution is 2.28. The van der Waals surface area contributed by atoms with Crippen LogP contribution in [-0.4, -0.2) is 24.4 Å². The van der Waals surface area contributed by atoms with Crippen molar-refractivity contribution in [2.75, 3.05) is 13.6 Å². The molecule has 1 amide bonds. The van der Waals surface area contributed by atoms with E-state index in [1.807, 2.05) is 13.1 Å². The van der Waals surface area contributed by atoms with Crippen molar-refractivity contribution in [1.29, 1.82) is 0 Å². The molecule has 2 aromatic rings. The number of carbonyl (C=O) groups is 1. The van der Waals surface area contributed by atoms with Gasteiger partial charge in [0.1, 0.15) is 0 Å². The second-order valence-corrected chi connectivity index (χ2v) is 5.60. The zero-order valence-corrected chi connectivity index (χ0v) is 13.0. The average molecular weight is 281 g/mol. The molecule has 110 valence electrons. The van der Waals surface area contributed by atoms with Crippen molar-refractivity contribution in [3.63, 3.8) is 0 Å². The van der Waals surface area contributed by atoms with Crippen molar-refractivity contribution in [3.8, 4) is 0 Å². The highest BCUT2D eigenvalue weighted by atomic mass is 16.2. The van der Waals surface area contributed by atoms with E-state index >= 15 is 0 Å². The molecule has 1 unspecified atom stereocenters.